The van der Waals surface area contributed by atoms with Crippen molar-refractivity contribution in [3.63, 3.8) is 0 Å². The highest BCUT2D eigenvalue weighted by Crippen LogP contribution is 2.27. The molecule has 1 heterocycles. The Bertz CT molecular complexity index is 1560. The lowest BCUT2D eigenvalue weighted by Crippen LogP contribution is -2.61. The minimum Gasteiger partial charge on any atom is -0.726 e. The van der Waals surface area contributed by atoms with Gasteiger partial charge in [-0.3, -0.25) is 13.2 Å². The van der Waals surface area contributed by atoms with Crippen molar-refractivity contribution in [1.29, 1.82) is 0 Å². The lowest BCUT2D eigenvalue weighted by Gasteiger charge is -2.42. The predicted octanol–water partition coefficient (Wildman–Crippen LogP) is 8.58. The molecule has 1 saturated heterocycles. The molecule has 5 unspecified atom stereocenters. The molecule has 2 rings (SSSR count). The van der Waals surface area contributed by atoms with Gasteiger partial charge in [0.1, 0.15) is 18.3 Å². The van der Waals surface area contributed by atoms with Crippen LogP contribution >= 0.6 is 0 Å². The number of carbonyl (C=O) groups is 1. The minimum atomic E-state index is -5.50. The Morgan fingerprint density at radius 1 is 0.719 bits per heavy atom. The van der Waals surface area contributed by atoms with Crippen molar-refractivity contribution in [2.45, 2.75) is 230 Å². The van der Waals surface area contributed by atoms with Gasteiger partial charge in [-0.2, -0.15) is 0 Å². The Morgan fingerprint density at radius 3 is 1.72 bits per heavy atom. The van der Waals surface area contributed by atoms with E-state index in [1.165, 1.54) is 109 Å². The van der Waals surface area contributed by atoms with E-state index in [0.717, 1.165) is 50.5 Å². The van der Waals surface area contributed by atoms with Gasteiger partial charge in [0.05, 0.1) is 32.0 Å². The highest BCUT2D eigenvalue weighted by atomic mass is 32.3. The van der Waals surface area contributed by atoms with Crippen molar-refractivity contribution in [1.82, 2.24) is 5.32 Å². The zero-order valence-electron chi connectivity index (χ0n) is 38.7. The maximum Gasteiger partial charge on any atom is 0.220 e. The van der Waals surface area contributed by atoms with Crippen molar-refractivity contribution >= 4 is 26.7 Å². The number of aliphatic hydroxyl groups excluding tert-OH is 2. The molecule has 1 fully saturated rings. The van der Waals surface area contributed by atoms with Crippen LogP contribution in [0.1, 0.15) is 186 Å². The maximum atomic E-state index is 13.6. The van der Waals surface area contributed by atoms with E-state index in [0.29, 0.717) is 6.42 Å². The van der Waals surface area contributed by atoms with Crippen molar-refractivity contribution in [2.75, 3.05) is 13.2 Å². The topological polar surface area (TPSA) is 230 Å². The van der Waals surface area contributed by atoms with Crippen LogP contribution in [0.25, 0.3) is 0 Å². The molecule has 0 aliphatic carbocycles. The van der Waals surface area contributed by atoms with Crippen molar-refractivity contribution in [2.24, 2.45) is 0 Å². The molecule has 0 aromatic heterocycles. The molecule has 1 aromatic carbocycles. The number of ether oxygens (including phenoxy) is 3. The number of unbranched alkanes of at least 4 members (excludes halogenated alkanes) is 23. The van der Waals surface area contributed by atoms with Crippen LogP contribution in [0.15, 0.2) is 42.5 Å². The van der Waals surface area contributed by atoms with E-state index >= 15 is 0 Å². The van der Waals surface area contributed by atoms with Crippen LogP contribution in [0.3, 0.4) is 0 Å². The molecule has 1 aromatic rings. The van der Waals surface area contributed by atoms with Crippen LogP contribution < -0.4 is 5.32 Å². The van der Waals surface area contributed by atoms with E-state index in [1.807, 2.05) is 42.5 Å². The first kappa shape index (κ1) is 58.1. The summed E-state index contributed by atoms with van der Waals surface area (Å²) in [7, 11) is -10.8. The lowest BCUT2D eigenvalue weighted by molar-refractivity contribution is -0.296. The van der Waals surface area contributed by atoms with E-state index in [9.17, 15) is 40.9 Å². The average Bonchev–Trinajstić information content (AvgIpc) is 3.25. The molecule has 0 saturated carbocycles. The second-order valence-corrected chi connectivity index (χ2v) is 19.3. The molecule has 1 amide bonds. The summed E-state index contributed by atoms with van der Waals surface area (Å²) in [4.78, 5) is 13.6. The van der Waals surface area contributed by atoms with E-state index in [-0.39, 0.29) is 18.9 Å². The van der Waals surface area contributed by atoms with Crippen LogP contribution in [0.2, 0.25) is 0 Å². The van der Waals surface area contributed by atoms with Crippen molar-refractivity contribution in [3.05, 3.63) is 48.0 Å². The van der Waals surface area contributed by atoms with Crippen LogP contribution in [0, 0.1) is 0 Å². The Kier molecular flexibility index (Phi) is 31.9. The molecule has 64 heavy (non-hydrogen) atoms. The molecule has 17 heteroatoms. The molecular weight excluding hydrogens is 867 g/mol. The largest absolute Gasteiger partial charge is 0.726 e. The van der Waals surface area contributed by atoms with Gasteiger partial charge in [0.2, 0.25) is 26.7 Å². The smallest absolute Gasteiger partial charge is 0.220 e. The summed E-state index contributed by atoms with van der Waals surface area (Å²) in [6.45, 7) is 3.11. The summed E-state index contributed by atoms with van der Waals surface area (Å²) in [6.07, 6.45) is 22.4. The molecule has 1 aliphatic rings. The number of hydrogen-bond acceptors (Lipinski definition) is 14. The molecule has 0 spiro atoms. The highest BCUT2D eigenvalue weighted by Gasteiger charge is 2.48. The number of allylic oxidation sites excluding steroid dienone is 1. The normalized spacial score (nSPS) is 20.4. The average molecular weight is 948 g/mol. The quantitative estimate of drug-likeness (QED) is 0.0242. The third kappa shape index (κ3) is 28.9. The number of nitrogens with one attached hydrogen (secondary N) is 1. The second-order valence-electron chi connectivity index (χ2n) is 17.2. The van der Waals surface area contributed by atoms with E-state index in [2.05, 4.69) is 27.5 Å². The van der Waals surface area contributed by atoms with Crippen LogP contribution in [0.4, 0.5) is 0 Å². The molecule has 15 nitrogen and oxygen atoms in total. The molecule has 0 bridgehead atoms. The third-order valence-electron chi connectivity index (χ3n) is 11.5. The number of aliphatic hydroxyl groups is 2. The van der Waals surface area contributed by atoms with Crippen LogP contribution in [-0.4, -0.2) is 98.1 Å². The molecule has 372 valence electrons. The zero-order chi connectivity index (χ0) is 46.9. The Labute approximate surface area is 385 Å². The molecular formula is C47H81NO14S2-2. The fourth-order valence-electron chi connectivity index (χ4n) is 7.79. The summed E-state index contributed by atoms with van der Waals surface area (Å²) < 4.78 is 95.3. The SMILES string of the molecule is CCCCCCCCCCCCC/C=C/[C@@H](OCc1ccccc1)[C@H](COC1OC(COS(=O)(=O)[O-])C(O)C(O)C1OS(=O)(=O)[O-])NC(=O)CCCCCCCCCCCCCCC. The van der Waals surface area contributed by atoms with Gasteiger partial charge >= 0.3 is 0 Å². The van der Waals surface area contributed by atoms with Gasteiger partial charge in [0.25, 0.3) is 0 Å². The second kappa shape index (κ2) is 35.2. The van der Waals surface area contributed by atoms with Gasteiger partial charge in [0, 0.05) is 6.42 Å². The van der Waals surface area contributed by atoms with Gasteiger partial charge in [0.15, 0.2) is 12.4 Å². The van der Waals surface area contributed by atoms with Gasteiger partial charge < -0.3 is 38.8 Å². The van der Waals surface area contributed by atoms with Crippen LogP contribution in [-0.2, 0) is 54.8 Å². The van der Waals surface area contributed by atoms with E-state index in [1.54, 1.807) is 0 Å². The number of benzene rings is 1. The maximum absolute atomic E-state index is 13.6. The predicted molar refractivity (Wildman–Crippen MR) is 244 cm³/mol. The van der Waals surface area contributed by atoms with Gasteiger partial charge in [-0.05, 0) is 24.8 Å². The van der Waals surface area contributed by atoms with Crippen LogP contribution in [0.5, 0.6) is 0 Å². The standard InChI is InChI=1S/C47H83NO14S2/c1-3-5-7-9-11-13-15-17-19-21-23-25-30-34-41(58-36-39-32-28-27-29-33-39)40(48-43(49)35-31-26-24-22-20-18-16-14-12-10-8-6-4-2)37-59-47-46(62-64(55,56)57)45(51)44(50)42(61-47)38-60-63(52,53)54/h27-30,32-34,40-42,44-47,50-51H,3-26,31,35-38H2,1-2H3,(H,48,49)(H,52,53,54)(H,55,56,57)/p-2/b34-30+/t40-,41+,42?,44?,45?,46?,47?/m0/s1. The molecule has 3 N–H and O–H groups in total. The van der Waals surface area contributed by atoms with E-state index in [4.69, 9.17) is 14.2 Å². The highest BCUT2D eigenvalue weighted by molar-refractivity contribution is 7.81. The molecule has 1 aliphatic heterocycles. The lowest BCUT2D eigenvalue weighted by atomic mass is 9.99. The van der Waals surface area contributed by atoms with Gasteiger partial charge in [-0.15, -0.1) is 0 Å². The Balaban J connectivity index is 2.16. The zero-order valence-corrected chi connectivity index (χ0v) is 40.3. The third-order valence-corrected chi connectivity index (χ3v) is 12.4. The summed E-state index contributed by atoms with van der Waals surface area (Å²) in [5.74, 6) is -0.286. The first-order valence-electron chi connectivity index (χ1n) is 24.2. The minimum absolute atomic E-state index is 0.160. The number of amides is 1. The van der Waals surface area contributed by atoms with Crippen molar-refractivity contribution < 1.29 is 63.5 Å². The molecule has 7 atom stereocenters. The first-order chi connectivity index (χ1) is 30.7. The summed E-state index contributed by atoms with van der Waals surface area (Å²) >= 11 is 0. The van der Waals surface area contributed by atoms with E-state index < -0.39 is 76.9 Å². The van der Waals surface area contributed by atoms with Gasteiger partial charge in [-0.1, -0.05) is 198 Å². The fourth-order valence-corrected chi connectivity index (χ4v) is 8.57. The number of hydrogen-bond donors (Lipinski definition) is 3. The fraction of sp³-hybridized carbons (Fsp3) is 0.809. The van der Waals surface area contributed by atoms with Gasteiger partial charge in [-0.25, -0.2) is 16.8 Å². The summed E-state index contributed by atoms with van der Waals surface area (Å²) in [5, 5.41) is 24.4. The summed E-state index contributed by atoms with van der Waals surface area (Å²) in [6, 6.07) is 8.47. The summed E-state index contributed by atoms with van der Waals surface area (Å²) in [5.41, 5.74) is 0.863. The number of rotatable bonds is 40. The Hall–Kier alpha value is -2.03. The first-order valence-corrected chi connectivity index (χ1v) is 26.9. The number of carbonyl (C=O) groups excluding carboxylic acids is 1. The monoisotopic (exact) mass is 948 g/mol. The Morgan fingerprint density at radius 2 is 1.22 bits per heavy atom. The van der Waals surface area contributed by atoms with Crippen molar-refractivity contribution in [3.8, 4) is 0 Å². The molecule has 0 radical (unpaired) electrons.